The van der Waals surface area contributed by atoms with Crippen molar-refractivity contribution in [3.8, 4) is 0 Å². The summed E-state index contributed by atoms with van der Waals surface area (Å²) in [6.07, 6.45) is 6.22. The molecule has 56 valence electrons. The summed E-state index contributed by atoms with van der Waals surface area (Å²) in [7, 11) is 0. The van der Waals surface area contributed by atoms with Crippen LogP contribution in [0.15, 0.2) is 0 Å². The zero-order valence-corrected chi connectivity index (χ0v) is 9.30. The first-order valence-electron chi connectivity index (χ1n) is 3.75. The number of hydrogen-bond acceptors (Lipinski definition) is 2. The van der Waals surface area contributed by atoms with Crippen LogP contribution in [-0.2, 0) is 4.74 Å². The number of rotatable bonds is 1. The van der Waals surface area contributed by atoms with Gasteiger partial charge in [-0.05, 0) is 0 Å². The molecule has 0 saturated heterocycles. The average molecular weight is 247 g/mol. The normalized spacial score (nSPS) is 20.5. The Balaban J connectivity index is 2.19. The molecule has 3 heteroatoms. The Bertz CT molecular complexity index is 119. The van der Waals surface area contributed by atoms with Crippen LogP contribution in [0.3, 0.4) is 0 Å². The molecular weight excluding hydrogens is 235 g/mol. The molecule has 0 aliphatic heterocycles. The first kappa shape index (κ1) is 8.37. The molecule has 0 heterocycles. The Hall–Kier alpha value is 0.269. The molecule has 10 heavy (non-hydrogen) atoms. The molecule has 0 aromatic rings. The third-order valence-corrected chi connectivity index (χ3v) is 2.22. The van der Waals surface area contributed by atoms with Gasteiger partial charge in [-0.2, -0.15) is 0 Å². The average Bonchev–Trinajstić information content (AvgIpc) is 1.88. The quantitative estimate of drug-likeness (QED) is 0.654. The van der Waals surface area contributed by atoms with Crippen LogP contribution in [0.1, 0.15) is 32.1 Å². The third kappa shape index (κ3) is 2.90. The molecule has 0 spiro atoms. The summed E-state index contributed by atoms with van der Waals surface area (Å²) < 4.78 is 5.11. The van der Waals surface area contributed by atoms with Crippen LogP contribution >= 0.6 is 0 Å². The maximum absolute atomic E-state index is 10.5. The van der Waals surface area contributed by atoms with Crippen molar-refractivity contribution in [1.82, 2.24) is 0 Å². The van der Waals surface area contributed by atoms with Gasteiger partial charge in [0, 0.05) is 0 Å². The minimum absolute atomic E-state index is 0.00250. The van der Waals surface area contributed by atoms with E-state index in [4.69, 9.17) is 4.74 Å². The number of ether oxygens (including phenoxy) is 1. The summed E-state index contributed by atoms with van der Waals surface area (Å²) in [4.78, 5) is 10.5. The molecule has 1 fully saturated rings. The molecule has 0 amide bonds. The third-order valence-electron chi connectivity index (χ3n) is 1.84. The second-order valence-electron chi connectivity index (χ2n) is 2.70. The number of carbonyl (C=O) groups is 1. The zero-order chi connectivity index (χ0) is 7.40. The van der Waals surface area contributed by atoms with Gasteiger partial charge in [-0.1, -0.05) is 0 Å². The summed E-state index contributed by atoms with van der Waals surface area (Å²) in [6, 6.07) is 0. The monoisotopic (exact) mass is 248 g/mol. The Morgan fingerprint density at radius 1 is 1.30 bits per heavy atom. The van der Waals surface area contributed by atoms with Gasteiger partial charge in [0.1, 0.15) is 0 Å². The van der Waals surface area contributed by atoms with E-state index in [1.54, 1.807) is 0 Å². The van der Waals surface area contributed by atoms with E-state index in [-0.39, 0.29) is 10.1 Å². The van der Waals surface area contributed by atoms with Crippen LogP contribution < -0.4 is 0 Å². The summed E-state index contributed by atoms with van der Waals surface area (Å²) in [6.45, 7) is 0. The van der Waals surface area contributed by atoms with Crippen molar-refractivity contribution in [2.24, 2.45) is 0 Å². The van der Waals surface area contributed by atoms with Gasteiger partial charge in [-0.25, -0.2) is 0 Å². The van der Waals surface area contributed by atoms with Crippen LogP contribution in [0.5, 0.6) is 0 Å². The molecule has 0 aromatic carbocycles. The van der Waals surface area contributed by atoms with E-state index < -0.39 is 0 Å². The first-order valence-corrected chi connectivity index (χ1v) is 5.40. The van der Waals surface area contributed by atoms with E-state index in [0.717, 1.165) is 12.8 Å². The van der Waals surface area contributed by atoms with Gasteiger partial charge < -0.3 is 0 Å². The van der Waals surface area contributed by atoms with Gasteiger partial charge in [0.05, 0.1) is 0 Å². The molecule has 0 aromatic heterocycles. The number of hydrogen-bond donors (Lipinski definition) is 0. The van der Waals surface area contributed by atoms with Crippen LogP contribution in [0.2, 0.25) is 0 Å². The molecule has 0 bridgehead atoms. The van der Waals surface area contributed by atoms with Crippen molar-refractivity contribution < 1.29 is 9.53 Å². The minimum atomic E-state index is -0.00250. The Labute approximate surface area is 74.4 Å². The molecule has 1 rings (SSSR count). The van der Waals surface area contributed by atoms with Crippen molar-refractivity contribution in [2.45, 2.75) is 38.2 Å². The van der Waals surface area contributed by atoms with E-state index in [9.17, 15) is 4.79 Å². The van der Waals surface area contributed by atoms with Crippen molar-refractivity contribution in [1.29, 1.82) is 0 Å². The second kappa shape index (κ2) is 4.21. The van der Waals surface area contributed by atoms with E-state index >= 15 is 0 Å². The van der Waals surface area contributed by atoms with Crippen molar-refractivity contribution in [2.75, 3.05) is 0 Å². The fraction of sp³-hybridized carbons (Fsp3) is 0.857. The van der Waals surface area contributed by atoms with Gasteiger partial charge >= 0.3 is 74.2 Å². The topological polar surface area (TPSA) is 26.3 Å². The Morgan fingerprint density at radius 3 is 2.40 bits per heavy atom. The summed E-state index contributed by atoms with van der Waals surface area (Å²) >= 11 is 0.602. The van der Waals surface area contributed by atoms with Crippen LogP contribution in [0, 0.1) is 0 Å². The first-order chi connectivity index (χ1) is 4.79. The Kier molecular flexibility index (Phi) is 3.52. The van der Waals surface area contributed by atoms with Crippen molar-refractivity contribution in [3.05, 3.63) is 0 Å². The van der Waals surface area contributed by atoms with Crippen LogP contribution in [-0.4, -0.2) is 32.6 Å². The van der Waals surface area contributed by atoms with Gasteiger partial charge in [0.15, 0.2) is 0 Å². The van der Waals surface area contributed by atoms with Gasteiger partial charge in [0.2, 0.25) is 0 Å². The standard InChI is InChI=1S/C7H11O2.Sn.H/c8-6-9-7-4-2-1-3-5-7;;/h7H,1-5H2;;. The fourth-order valence-corrected chi connectivity index (χ4v) is 1.90. The molecule has 1 aliphatic rings. The van der Waals surface area contributed by atoms with Crippen molar-refractivity contribution in [3.63, 3.8) is 0 Å². The van der Waals surface area contributed by atoms with E-state index in [0.29, 0.717) is 22.5 Å². The van der Waals surface area contributed by atoms with Gasteiger partial charge in [-0.3, -0.25) is 0 Å². The fourth-order valence-electron chi connectivity index (χ4n) is 1.35. The molecule has 1 saturated carbocycles. The van der Waals surface area contributed by atoms with Crippen LogP contribution in [0.25, 0.3) is 0 Å². The molecule has 2 nitrogen and oxygen atoms in total. The van der Waals surface area contributed by atoms with Gasteiger partial charge in [0.25, 0.3) is 0 Å². The van der Waals surface area contributed by atoms with E-state index in [2.05, 4.69) is 0 Å². The van der Waals surface area contributed by atoms with Crippen LogP contribution in [0.4, 0.5) is 4.79 Å². The molecule has 0 N–H and O–H groups in total. The zero-order valence-electron chi connectivity index (χ0n) is 6.01. The number of carbonyl (C=O) groups excluding carboxylic acids is 1. The summed E-state index contributed by atoms with van der Waals surface area (Å²) in [5.41, 5.74) is 0. The summed E-state index contributed by atoms with van der Waals surface area (Å²) in [5.74, 6) is 0. The molecular formula is C7H12O2Sn. The molecule has 0 atom stereocenters. The predicted octanol–water partition coefficient (Wildman–Crippen LogP) is 1.36. The van der Waals surface area contributed by atoms with E-state index in [1.165, 1.54) is 19.3 Å². The van der Waals surface area contributed by atoms with E-state index in [1.807, 2.05) is 0 Å². The second-order valence-corrected chi connectivity index (χ2v) is 4.04. The van der Waals surface area contributed by atoms with Crippen molar-refractivity contribution >= 4 is 26.5 Å². The molecule has 1 aliphatic carbocycles. The SMILES string of the molecule is O=[C]([SnH])OC1CCCCC1. The Morgan fingerprint density at radius 2 is 1.90 bits per heavy atom. The molecule has 0 unspecified atom stereocenters. The predicted molar refractivity (Wildman–Crippen MR) is 40.5 cm³/mol. The van der Waals surface area contributed by atoms with Gasteiger partial charge in [-0.15, -0.1) is 0 Å². The maximum atomic E-state index is 10.5. The summed E-state index contributed by atoms with van der Waals surface area (Å²) in [5, 5.41) is 0. The molecule has 2 radical (unpaired) electrons.